The van der Waals surface area contributed by atoms with E-state index < -0.39 is 47.8 Å². The molecule has 10 nitrogen and oxygen atoms in total. The molecule has 0 heterocycles. The number of carbonyl (C=O) groups is 5. The van der Waals surface area contributed by atoms with Crippen molar-refractivity contribution in [2.24, 2.45) is 17.6 Å². The van der Waals surface area contributed by atoms with E-state index in [1.54, 1.807) is 26.0 Å². The van der Waals surface area contributed by atoms with Crippen LogP contribution in [0.5, 0.6) is 0 Å². The lowest BCUT2D eigenvalue weighted by atomic mass is 9.95. The fourth-order valence-electron chi connectivity index (χ4n) is 4.09. The van der Waals surface area contributed by atoms with Gasteiger partial charge >= 0.3 is 0 Å². The minimum absolute atomic E-state index is 0.167. The van der Waals surface area contributed by atoms with Gasteiger partial charge in [-0.1, -0.05) is 76.6 Å². The van der Waals surface area contributed by atoms with Crippen LogP contribution < -0.4 is 27.0 Å². The van der Waals surface area contributed by atoms with Gasteiger partial charge in [-0.3, -0.25) is 24.0 Å². The smallest absolute Gasteiger partial charge is 0.247 e. The van der Waals surface area contributed by atoms with Crippen LogP contribution in [0.4, 0.5) is 0 Å². The van der Waals surface area contributed by atoms with E-state index in [4.69, 9.17) is 5.73 Å². The zero-order valence-corrected chi connectivity index (χ0v) is 22.8. The first-order valence-corrected chi connectivity index (χ1v) is 12.8. The van der Waals surface area contributed by atoms with E-state index >= 15 is 0 Å². The molecule has 5 amide bonds. The molecule has 1 unspecified atom stereocenters. The van der Waals surface area contributed by atoms with Gasteiger partial charge in [0.2, 0.25) is 29.5 Å². The minimum Gasteiger partial charge on any atom is -0.368 e. The van der Waals surface area contributed by atoms with Crippen LogP contribution in [0, 0.1) is 11.8 Å². The first-order valence-electron chi connectivity index (χ1n) is 12.8. The Hall–Kier alpha value is -3.95. The van der Waals surface area contributed by atoms with E-state index in [1.165, 1.54) is 13.8 Å². The standard InChI is InChI=1S/C28H39N5O5/c1-7-16(4)23(31-18(6)34)27(37)32-22(15(2)3)26(36)33-24(28(38)30-17(5)25(29)35)21-14-10-12-19-11-8-9-13-20(19)21/h8-17,22-24H,7H2,1-6H3,(H2,29,35)(H,30,38)(H,31,34)(H,32,37)(H,33,36)/t16-,17-,22-,23-,24?/m0/s1. The van der Waals surface area contributed by atoms with E-state index in [9.17, 15) is 24.0 Å². The summed E-state index contributed by atoms with van der Waals surface area (Å²) >= 11 is 0. The molecule has 0 saturated carbocycles. The van der Waals surface area contributed by atoms with Crippen molar-refractivity contribution in [1.82, 2.24) is 21.3 Å². The van der Waals surface area contributed by atoms with E-state index in [1.807, 2.05) is 44.2 Å². The van der Waals surface area contributed by atoms with E-state index in [2.05, 4.69) is 21.3 Å². The Balaban J connectivity index is 2.42. The van der Waals surface area contributed by atoms with Gasteiger partial charge in [-0.05, 0) is 35.1 Å². The third kappa shape index (κ3) is 7.77. The van der Waals surface area contributed by atoms with Crippen molar-refractivity contribution in [2.45, 2.75) is 72.1 Å². The third-order valence-corrected chi connectivity index (χ3v) is 6.57. The third-order valence-electron chi connectivity index (χ3n) is 6.57. The Labute approximate surface area is 223 Å². The molecule has 38 heavy (non-hydrogen) atoms. The quantitative estimate of drug-likeness (QED) is 0.285. The first kappa shape index (κ1) is 30.3. The molecule has 2 aromatic carbocycles. The molecular weight excluding hydrogens is 486 g/mol. The van der Waals surface area contributed by atoms with Crippen molar-refractivity contribution in [3.05, 3.63) is 48.0 Å². The molecule has 0 fully saturated rings. The van der Waals surface area contributed by atoms with Crippen molar-refractivity contribution in [3.63, 3.8) is 0 Å². The van der Waals surface area contributed by atoms with Crippen LogP contribution in [-0.2, 0) is 24.0 Å². The molecule has 0 aromatic heterocycles. The normalized spacial score (nSPS) is 15.0. The summed E-state index contributed by atoms with van der Waals surface area (Å²) in [5, 5.41) is 12.4. The SMILES string of the molecule is CC[C@H](C)[C@H](NC(C)=O)C(=O)N[C@H](C(=O)NC(C(=O)N[C@@H](C)C(N)=O)c1cccc2ccccc12)C(C)C. The van der Waals surface area contributed by atoms with Crippen LogP contribution in [0.3, 0.4) is 0 Å². The average Bonchev–Trinajstić information content (AvgIpc) is 2.87. The van der Waals surface area contributed by atoms with Gasteiger partial charge in [0.05, 0.1) is 0 Å². The van der Waals surface area contributed by atoms with Gasteiger partial charge < -0.3 is 27.0 Å². The maximum atomic E-state index is 13.6. The summed E-state index contributed by atoms with van der Waals surface area (Å²) in [5.74, 6) is -3.27. The molecule has 0 radical (unpaired) electrons. The van der Waals surface area contributed by atoms with Crippen LogP contribution >= 0.6 is 0 Å². The van der Waals surface area contributed by atoms with Gasteiger partial charge in [-0.15, -0.1) is 0 Å². The monoisotopic (exact) mass is 525 g/mol. The summed E-state index contributed by atoms with van der Waals surface area (Å²) in [7, 11) is 0. The lowest BCUT2D eigenvalue weighted by Crippen LogP contribution is -2.58. The van der Waals surface area contributed by atoms with Crippen LogP contribution in [0.1, 0.15) is 59.6 Å². The molecule has 0 saturated heterocycles. The highest BCUT2D eigenvalue weighted by Gasteiger charge is 2.34. The van der Waals surface area contributed by atoms with Gasteiger partial charge in [0.1, 0.15) is 24.2 Å². The predicted molar refractivity (Wildman–Crippen MR) is 145 cm³/mol. The van der Waals surface area contributed by atoms with Gasteiger partial charge in [0, 0.05) is 6.92 Å². The summed E-state index contributed by atoms with van der Waals surface area (Å²) < 4.78 is 0. The van der Waals surface area contributed by atoms with E-state index in [0.717, 1.165) is 10.8 Å². The van der Waals surface area contributed by atoms with Gasteiger partial charge in [-0.2, -0.15) is 0 Å². The van der Waals surface area contributed by atoms with E-state index in [-0.39, 0.29) is 17.7 Å². The van der Waals surface area contributed by atoms with Gasteiger partial charge in [0.25, 0.3) is 0 Å². The molecule has 0 aliphatic rings. The largest absolute Gasteiger partial charge is 0.368 e. The maximum Gasteiger partial charge on any atom is 0.247 e. The summed E-state index contributed by atoms with van der Waals surface area (Å²) in [6.45, 7) is 10.1. The topological polar surface area (TPSA) is 159 Å². The molecule has 5 atom stereocenters. The van der Waals surface area contributed by atoms with Crippen molar-refractivity contribution >= 4 is 40.3 Å². The molecule has 2 rings (SSSR count). The molecule has 0 aliphatic carbocycles. The van der Waals surface area contributed by atoms with Crippen molar-refractivity contribution in [1.29, 1.82) is 0 Å². The number of primary amides is 1. The Morgan fingerprint density at radius 2 is 1.37 bits per heavy atom. The number of rotatable bonds is 12. The number of hydrogen-bond acceptors (Lipinski definition) is 5. The Kier molecular flexibility index (Phi) is 10.8. The molecule has 6 N–H and O–H groups in total. The molecule has 2 aromatic rings. The van der Waals surface area contributed by atoms with E-state index in [0.29, 0.717) is 12.0 Å². The second-order valence-corrected chi connectivity index (χ2v) is 9.94. The van der Waals surface area contributed by atoms with Crippen LogP contribution in [0.15, 0.2) is 42.5 Å². The minimum atomic E-state index is -1.17. The first-order chi connectivity index (χ1) is 17.9. The number of nitrogens with two attached hydrogens (primary N) is 1. The second-order valence-electron chi connectivity index (χ2n) is 9.94. The zero-order valence-electron chi connectivity index (χ0n) is 22.8. The average molecular weight is 526 g/mol. The number of hydrogen-bond donors (Lipinski definition) is 5. The van der Waals surface area contributed by atoms with Gasteiger partial charge in [-0.25, -0.2) is 0 Å². The lowest BCUT2D eigenvalue weighted by molar-refractivity contribution is -0.135. The number of benzene rings is 2. The van der Waals surface area contributed by atoms with Crippen LogP contribution in [-0.4, -0.2) is 47.7 Å². The highest BCUT2D eigenvalue weighted by Crippen LogP contribution is 2.25. The number of nitrogens with one attached hydrogen (secondary N) is 4. The molecule has 0 aliphatic heterocycles. The van der Waals surface area contributed by atoms with Crippen LogP contribution in [0.25, 0.3) is 10.8 Å². The van der Waals surface area contributed by atoms with Crippen molar-refractivity contribution in [2.75, 3.05) is 0 Å². The second kappa shape index (κ2) is 13.6. The number of fused-ring (bicyclic) bond motifs is 1. The Bertz CT molecular complexity index is 1180. The Morgan fingerprint density at radius 1 is 0.763 bits per heavy atom. The van der Waals surface area contributed by atoms with Gasteiger partial charge in [0.15, 0.2) is 0 Å². The summed E-state index contributed by atoms with van der Waals surface area (Å²) in [6, 6.07) is 8.83. The fourth-order valence-corrected chi connectivity index (χ4v) is 4.09. The molecule has 0 spiro atoms. The lowest BCUT2D eigenvalue weighted by Gasteiger charge is -2.29. The molecule has 10 heteroatoms. The zero-order chi connectivity index (χ0) is 28.6. The summed E-state index contributed by atoms with van der Waals surface area (Å²) in [5.41, 5.74) is 5.86. The van der Waals surface area contributed by atoms with Crippen LogP contribution in [0.2, 0.25) is 0 Å². The predicted octanol–water partition coefficient (Wildman–Crippen LogP) is 1.68. The summed E-state index contributed by atoms with van der Waals surface area (Å²) in [4.78, 5) is 63.4. The highest BCUT2D eigenvalue weighted by molar-refractivity contribution is 5.98. The number of amides is 5. The summed E-state index contributed by atoms with van der Waals surface area (Å²) in [6.07, 6.45) is 0.637. The molecule has 0 bridgehead atoms. The van der Waals surface area contributed by atoms with Crippen molar-refractivity contribution in [3.8, 4) is 0 Å². The molecular formula is C28H39N5O5. The Morgan fingerprint density at radius 3 is 1.95 bits per heavy atom. The van der Waals surface area contributed by atoms with Crippen molar-refractivity contribution < 1.29 is 24.0 Å². The fraction of sp³-hybridized carbons (Fsp3) is 0.464. The highest BCUT2D eigenvalue weighted by atomic mass is 16.2. The maximum absolute atomic E-state index is 13.6. The molecule has 206 valence electrons. The number of carbonyl (C=O) groups excluding carboxylic acids is 5.